The van der Waals surface area contributed by atoms with Gasteiger partial charge in [-0.25, -0.2) is 9.97 Å². The van der Waals surface area contributed by atoms with Crippen LogP contribution < -0.4 is 0 Å². The Hall–Kier alpha value is -1.70. The summed E-state index contributed by atoms with van der Waals surface area (Å²) >= 11 is 14.4. The molecule has 0 aliphatic heterocycles. The van der Waals surface area contributed by atoms with Crippen LogP contribution in [0.15, 0.2) is 32.9 Å². The van der Waals surface area contributed by atoms with Crippen LogP contribution in [0.4, 0.5) is 11.4 Å². The maximum absolute atomic E-state index is 11.0. The predicted octanol–water partition coefficient (Wildman–Crippen LogP) is 6.83. The van der Waals surface area contributed by atoms with Crippen LogP contribution in [0.2, 0.25) is 10.0 Å². The topological polar surface area (TPSA) is 112 Å². The molecule has 0 unspecified atom stereocenters. The fourth-order valence-electron chi connectivity index (χ4n) is 2.26. The van der Waals surface area contributed by atoms with Crippen LogP contribution in [0.1, 0.15) is 0 Å². The molecule has 0 spiro atoms. The zero-order valence-corrected chi connectivity index (χ0v) is 17.9. The number of halogens is 2. The van der Waals surface area contributed by atoms with Crippen LogP contribution >= 0.6 is 67.5 Å². The number of hydrogen-bond acceptors (Lipinski definition) is 10. The summed E-state index contributed by atoms with van der Waals surface area (Å²) in [5.41, 5.74) is 0.837. The standard InChI is InChI=1S/C14H4Cl2N4O4S4/c15-5-1-7-11(3-9(5)19(21)22)25-13(17-7)27-28-14-18-8-2-6(16)10(20(23)24)4-12(8)26-14/h1-4H. The molecule has 0 amide bonds. The third-order valence-electron chi connectivity index (χ3n) is 3.45. The van der Waals surface area contributed by atoms with Gasteiger partial charge in [0.15, 0.2) is 8.68 Å². The van der Waals surface area contributed by atoms with E-state index in [1.54, 1.807) is 0 Å². The van der Waals surface area contributed by atoms with Gasteiger partial charge in [0, 0.05) is 12.1 Å². The van der Waals surface area contributed by atoms with Crippen molar-refractivity contribution in [2.75, 3.05) is 0 Å². The molecule has 2 heterocycles. The Kier molecular flexibility index (Phi) is 5.33. The van der Waals surface area contributed by atoms with Crippen molar-refractivity contribution >= 4 is 99.3 Å². The van der Waals surface area contributed by atoms with Gasteiger partial charge in [0.1, 0.15) is 10.0 Å². The Labute approximate surface area is 181 Å². The van der Waals surface area contributed by atoms with Gasteiger partial charge in [-0.1, -0.05) is 23.2 Å². The number of aromatic nitrogens is 2. The van der Waals surface area contributed by atoms with Crippen molar-refractivity contribution in [3.8, 4) is 0 Å². The number of thiazole rings is 2. The van der Waals surface area contributed by atoms with E-state index in [0.29, 0.717) is 29.1 Å². The molecule has 14 heteroatoms. The Bertz CT molecular complexity index is 1180. The largest absolute Gasteiger partial charge is 0.289 e. The van der Waals surface area contributed by atoms with Gasteiger partial charge in [-0.3, -0.25) is 20.2 Å². The molecule has 0 atom stereocenters. The van der Waals surface area contributed by atoms with E-state index in [0.717, 1.165) is 0 Å². The second kappa shape index (κ2) is 7.61. The molecular formula is C14H4Cl2N4O4S4. The Balaban J connectivity index is 1.58. The van der Waals surface area contributed by atoms with Crippen molar-refractivity contribution in [1.82, 2.24) is 9.97 Å². The molecule has 4 rings (SSSR count). The summed E-state index contributed by atoms with van der Waals surface area (Å²) in [4.78, 5) is 29.8. The smallest absolute Gasteiger partial charge is 0.258 e. The van der Waals surface area contributed by atoms with E-state index in [9.17, 15) is 20.2 Å². The molecular weight excluding hydrogens is 487 g/mol. The molecule has 0 aliphatic carbocycles. The second-order valence-electron chi connectivity index (χ2n) is 5.18. The first-order valence-corrected chi connectivity index (χ1v) is 11.7. The molecule has 8 nitrogen and oxygen atoms in total. The van der Waals surface area contributed by atoms with Crippen molar-refractivity contribution < 1.29 is 9.85 Å². The van der Waals surface area contributed by atoms with Crippen LogP contribution in [0.5, 0.6) is 0 Å². The maximum atomic E-state index is 11.0. The summed E-state index contributed by atoms with van der Waals surface area (Å²) in [6.45, 7) is 0. The zero-order chi connectivity index (χ0) is 20.0. The van der Waals surface area contributed by atoms with Gasteiger partial charge >= 0.3 is 0 Å². The highest BCUT2D eigenvalue weighted by Crippen LogP contribution is 2.45. The summed E-state index contributed by atoms with van der Waals surface area (Å²) in [5, 5.41) is 22.1. The number of nitro benzene ring substituents is 2. The van der Waals surface area contributed by atoms with E-state index >= 15 is 0 Å². The van der Waals surface area contributed by atoms with E-state index < -0.39 is 9.85 Å². The first kappa shape index (κ1) is 19.6. The SMILES string of the molecule is O=[N+]([O-])c1cc2sc(SSc3nc4cc(Cl)c([N+](=O)[O-])cc4s3)nc2cc1Cl. The highest BCUT2D eigenvalue weighted by molar-refractivity contribution is 8.77. The third-order valence-corrected chi connectivity index (χ3v) is 9.06. The van der Waals surface area contributed by atoms with E-state index in [1.807, 2.05) is 0 Å². The van der Waals surface area contributed by atoms with Crippen molar-refractivity contribution in [2.24, 2.45) is 0 Å². The number of nitrogens with zero attached hydrogens (tertiary/aromatic N) is 4. The number of nitro groups is 2. The van der Waals surface area contributed by atoms with Crippen LogP contribution in [0.3, 0.4) is 0 Å². The minimum absolute atomic E-state index is 0.0386. The number of hydrogen-bond donors (Lipinski definition) is 0. The summed E-state index contributed by atoms with van der Waals surface area (Å²) in [7, 11) is 2.68. The zero-order valence-electron chi connectivity index (χ0n) is 13.1. The first-order chi connectivity index (χ1) is 13.3. The number of benzene rings is 2. The lowest BCUT2D eigenvalue weighted by Crippen LogP contribution is -1.88. The number of fused-ring (bicyclic) bond motifs is 2. The molecule has 28 heavy (non-hydrogen) atoms. The number of rotatable bonds is 5. The molecule has 0 radical (unpaired) electrons. The van der Waals surface area contributed by atoms with Crippen molar-refractivity contribution in [3.05, 3.63) is 54.5 Å². The third kappa shape index (κ3) is 3.75. The molecule has 2 aromatic heterocycles. The lowest BCUT2D eigenvalue weighted by molar-refractivity contribution is -0.384. The van der Waals surface area contributed by atoms with Gasteiger partial charge in [0.25, 0.3) is 11.4 Å². The molecule has 0 fully saturated rings. The van der Waals surface area contributed by atoms with Crippen LogP contribution in [0.25, 0.3) is 20.4 Å². The summed E-state index contributed by atoms with van der Waals surface area (Å²) in [5.74, 6) is 0. The average molecular weight is 491 g/mol. The quantitative estimate of drug-likeness (QED) is 0.170. The Morgan fingerprint density at radius 1 is 0.786 bits per heavy atom. The molecule has 0 saturated carbocycles. The molecule has 0 N–H and O–H groups in total. The monoisotopic (exact) mass is 490 g/mol. The first-order valence-electron chi connectivity index (χ1n) is 7.15. The molecule has 2 aromatic carbocycles. The minimum Gasteiger partial charge on any atom is -0.258 e. The van der Waals surface area contributed by atoms with Gasteiger partial charge < -0.3 is 0 Å². The molecule has 0 saturated heterocycles. The molecule has 0 aliphatic rings. The van der Waals surface area contributed by atoms with Gasteiger partial charge in [0.2, 0.25) is 0 Å². The molecule has 142 valence electrons. The maximum Gasteiger partial charge on any atom is 0.289 e. The Morgan fingerprint density at radius 3 is 1.54 bits per heavy atom. The predicted molar refractivity (Wildman–Crippen MR) is 114 cm³/mol. The van der Waals surface area contributed by atoms with Gasteiger partial charge in [-0.2, -0.15) is 0 Å². The van der Waals surface area contributed by atoms with Crippen molar-refractivity contribution in [2.45, 2.75) is 8.68 Å². The minimum atomic E-state index is -0.533. The van der Waals surface area contributed by atoms with E-state index in [-0.39, 0.29) is 21.4 Å². The van der Waals surface area contributed by atoms with E-state index in [2.05, 4.69) is 9.97 Å². The fourth-order valence-corrected chi connectivity index (χ4v) is 7.23. The normalized spacial score (nSPS) is 11.4. The van der Waals surface area contributed by atoms with Gasteiger partial charge in [-0.15, -0.1) is 22.7 Å². The summed E-state index contributed by atoms with van der Waals surface area (Å²) < 4.78 is 2.68. The van der Waals surface area contributed by atoms with E-state index in [4.69, 9.17) is 23.2 Å². The second-order valence-corrected chi connectivity index (χ2v) is 10.7. The summed E-state index contributed by atoms with van der Waals surface area (Å²) in [6.07, 6.45) is 0. The van der Waals surface area contributed by atoms with Crippen molar-refractivity contribution in [3.63, 3.8) is 0 Å². The highest BCUT2D eigenvalue weighted by Gasteiger charge is 2.18. The molecule has 4 aromatic rings. The van der Waals surface area contributed by atoms with Crippen LogP contribution in [-0.4, -0.2) is 19.8 Å². The van der Waals surface area contributed by atoms with E-state index in [1.165, 1.54) is 68.5 Å². The van der Waals surface area contributed by atoms with Crippen molar-refractivity contribution in [1.29, 1.82) is 0 Å². The Morgan fingerprint density at radius 2 is 1.18 bits per heavy atom. The van der Waals surface area contributed by atoms with Gasteiger partial charge in [-0.05, 0) is 33.7 Å². The lowest BCUT2D eigenvalue weighted by atomic mass is 10.3. The highest BCUT2D eigenvalue weighted by atomic mass is 35.5. The van der Waals surface area contributed by atoms with Crippen LogP contribution in [-0.2, 0) is 0 Å². The average Bonchev–Trinajstić information content (AvgIpc) is 3.20. The van der Waals surface area contributed by atoms with Gasteiger partial charge in [0.05, 0.1) is 30.3 Å². The lowest BCUT2D eigenvalue weighted by Gasteiger charge is -1.93. The molecule has 0 bridgehead atoms. The fraction of sp³-hybridized carbons (Fsp3) is 0. The van der Waals surface area contributed by atoms with Crippen LogP contribution in [0, 0.1) is 20.2 Å². The summed E-state index contributed by atoms with van der Waals surface area (Å²) in [6, 6.07) is 5.75.